The van der Waals surface area contributed by atoms with Crippen molar-refractivity contribution < 1.29 is 4.74 Å². The van der Waals surface area contributed by atoms with Gasteiger partial charge in [-0.1, -0.05) is 19.9 Å². The van der Waals surface area contributed by atoms with Crippen LogP contribution in [0.25, 0.3) is 0 Å². The van der Waals surface area contributed by atoms with Gasteiger partial charge >= 0.3 is 0 Å². The molecule has 1 aromatic rings. The Morgan fingerprint density at radius 3 is 2.67 bits per heavy atom. The van der Waals surface area contributed by atoms with Gasteiger partial charge in [-0.3, -0.25) is 4.98 Å². The lowest BCUT2D eigenvalue weighted by atomic mass is 9.89. The second kappa shape index (κ2) is 7.49. The quantitative estimate of drug-likeness (QED) is 0.770. The maximum atomic E-state index is 5.73. The Bertz CT molecular complexity index is 323. The molecule has 1 aromatic heterocycles. The summed E-state index contributed by atoms with van der Waals surface area (Å²) >= 11 is 0. The minimum Gasteiger partial charge on any atom is -0.377 e. The van der Waals surface area contributed by atoms with E-state index >= 15 is 0 Å². The number of rotatable bonds is 8. The molecule has 1 N–H and O–H groups in total. The monoisotopic (exact) mass is 250 g/mol. The van der Waals surface area contributed by atoms with Crippen LogP contribution in [0.4, 0.5) is 0 Å². The number of ether oxygens (including phenoxy) is 1. The highest BCUT2D eigenvalue weighted by Gasteiger charge is 2.32. The van der Waals surface area contributed by atoms with E-state index in [1.54, 1.807) is 7.11 Å². The topological polar surface area (TPSA) is 34.2 Å². The molecule has 0 saturated carbocycles. The zero-order valence-corrected chi connectivity index (χ0v) is 12.1. The van der Waals surface area contributed by atoms with Crippen LogP contribution in [-0.4, -0.2) is 30.3 Å². The predicted molar refractivity (Wildman–Crippen MR) is 75.7 cm³/mol. The average molecular weight is 250 g/mol. The van der Waals surface area contributed by atoms with Crippen LogP contribution in [0.5, 0.6) is 0 Å². The van der Waals surface area contributed by atoms with Crippen LogP contribution in [0, 0.1) is 0 Å². The Balaban J connectivity index is 2.78. The Morgan fingerprint density at radius 2 is 2.17 bits per heavy atom. The first-order valence-corrected chi connectivity index (χ1v) is 6.84. The number of nitrogens with one attached hydrogen (secondary N) is 1. The molecule has 1 rings (SSSR count). The summed E-state index contributed by atoms with van der Waals surface area (Å²) in [6, 6.07) is 6.36. The minimum absolute atomic E-state index is 0.146. The maximum Gasteiger partial charge on any atom is 0.0804 e. The molecule has 3 heteroatoms. The molecule has 0 saturated heterocycles. The first-order valence-electron chi connectivity index (χ1n) is 6.84. The maximum absolute atomic E-state index is 5.73. The molecule has 0 aromatic carbocycles. The van der Waals surface area contributed by atoms with Crippen molar-refractivity contribution in [3.05, 3.63) is 30.1 Å². The number of nitrogens with zero attached hydrogens (tertiary/aromatic N) is 1. The summed E-state index contributed by atoms with van der Waals surface area (Å²) in [5.41, 5.74) is 0.968. The zero-order valence-electron chi connectivity index (χ0n) is 12.1. The fraction of sp³-hybridized carbons (Fsp3) is 0.667. The van der Waals surface area contributed by atoms with Gasteiger partial charge in [0.05, 0.1) is 5.60 Å². The van der Waals surface area contributed by atoms with Crippen LogP contribution in [0.15, 0.2) is 24.4 Å². The van der Waals surface area contributed by atoms with Gasteiger partial charge in [-0.25, -0.2) is 0 Å². The molecular weight excluding hydrogens is 224 g/mol. The van der Waals surface area contributed by atoms with Crippen LogP contribution in [-0.2, 0) is 11.2 Å². The Kier molecular flexibility index (Phi) is 6.30. The minimum atomic E-state index is -0.146. The molecule has 0 aliphatic carbocycles. The normalized spacial score (nSPS) is 16.2. The van der Waals surface area contributed by atoms with E-state index in [2.05, 4.69) is 37.1 Å². The molecular formula is C15H26N2O. The van der Waals surface area contributed by atoms with Crippen molar-refractivity contribution >= 4 is 0 Å². The van der Waals surface area contributed by atoms with Gasteiger partial charge in [0, 0.05) is 31.5 Å². The van der Waals surface area contributed by atoms with E-state index in [1.165, 1.54) is 0 Å². The summed E-state index contributed by atoms with van der Waals surface area (Å²) in [5, 5.41) is 3.60. The van der Waals surface area contributed by atoms with Crippen molar-refractivity contribution in [2.24, 2.45) is 0 Å². The number of hydrogen-bond donors (Lipinski definition) is 1. The molecule has 0 fully saturated rings. The van der Waals surface area contributed by atoms with Gasteiger partial charge in [0.1, 0.15) is 0 Å². The second-order valence-electron chi connectivity index (χ2n) is 4.90. The van der Waals surface area contributed by atoms with Gasteiger partial charge in [-0.15, -0.1) is 0 Å². The lowest BCUT2D eigenvalue weighted by Gasteiger charge is -2.36. The summed E-state index contributed by atoms with van der Waals surface area (Å²) in [4.78, 5) is 4.41. The zero-order chi connectivity index (χ0) is 13.4. The van der Waals surface area contributed by atoms with Gasteiger partial charge in [0.15, 0.2) is 0 Å². The Hall–Kier alpha value is -0.930. The van der Waals surface area contributed by atoms with Gasteiger partial charge in [-0.2, -0.15) is 0 Å². The van der Waals surface area contributed by atoms with Crippen LogP contribution < -0.4 is 5.32 Å². The van der Waals surface area contributed by atoms with Crippen LogP contribution in [0.3, 0.4) is 0 Å². The van der Waals surface area contributed by atoms with Crippen LogP contribution in [0.2, 0.25) is 0 Å². The number of pyridine rings is 1. The van der Waals surface area contributed by atoms with E-state index in [-0.39, 0.29) is 5.60 Å². The SMILES string of the molecule is CCCNC(Cc1ccccn1)C(C)(CC)OC. The van der Waals surface area contributed by atoms with E-state index in [4.69, 9.17) is 4.74 Å². The molecule has 2 unspecified atom stereocenters. The third-order valence-electron chi connectivity index (χ3n) is 3.69. The highest BCUT2D eigenvalue weighted by atomic mass is 16.5. The fourth-order valence-electron chi connectivity index (χ4n) is 2.08. The van der Waals surface area contributed by atoms with Gasteiger partial charge in [0.2, 0.25) is 0 Å². The largest absolute Gasteiger partial charge is 0.377 e. The predicted octanol–water partition coefficient (Wildman–Crippen LogP) is 2.81. The summed E-state index contributed by atoms with van der Waals surface area (Å²) in [5.74, 6) is 0. The molecule has 0 bridgehead atoms. The van der Waals surface area contributed by atoms with Gasteiger partial charge < -0.3 is 10.1 Å². The average Bonchev–Trinajstić information content (AvgIpc) is 2.43. The van der Waals surface area contributed by atoms with Crippen LogP contribution >= 0.6 is 0 Å². The van der Waals surface area contributed by atoms with Crippen molar-refractivity contribution in [3.63, 3.8) is 0 Å². The van der Waals surface area contributed by atoms with E-state index in [0.717, 1.165) is 31.5 Å². The smallest absolute Gasteiger partial charge is 0.0804 e. The van der Waals surface area contributed by atoms with Crippen molar-refractivity contribution in [1.29, 1.82) is 0 Å². The molecule has 2 atom stereocenters. The van der Waals surface area contributed by atoms with Gasteiger partial charge in [0.25, 0.3) is 0 Å². The lowest BCUT2D eigenvalue weighted by molar-refractivity contribution is -0.0289. The molecule has 0 amide bonds. The summed E-state index contributed by atoms with van der Waals surface area (Å²) in [6.07, 6.45) is 4.86. The van der Waals surface area contributed by atoms with Crippen LogP contribution in [0.1, 0.15) is 39.3 Å². The van der Waals surface area contributed by atoms with E-state index < -0.39 is 0 Å². The number of hydrogen-bond acceptors (Lipinski definition) is 3. The summed E-state index contributed by atoms with van der Waals surface area (Å²) < 4.78 is 5.73. The molecule has 0 aliphatic rings. The standard InChI is InChI=1S/C15H26N2O/c1-5-10-17-14(15(3,6-2)18-4)12-13-9-7-8-11-16-13/h7-9,11,14,17H,5-6,10,12H2,1-4H3. The van der Waals surface area contributed by atoms with Crippen molar-refractivity contribution in [1.82, 2.24) is 10.3 Å². The molecule has 0 aliphatic heterocycles. The molecule has 0 spiro atoms. The molecule has 102 valence electrons. The summed E-state index contributed by atoms with van der Waals surface area (Å²) in [6.45, 7) is 7.53. The van der Waals surface area contributed by atoms with Crippen molar-refractivity contribution in [2.75, 3.05) is 13.7 Å². The third-order valence-corrected chi connectivity index (χ3v) is 3.69. The molecule has 3 nitrogen and oxygen atoms in total. The molecule has 0 radical (unpaired) electrons. The fourth-order valence-corrected chi connectivity index (χ4v) is 2.08. The second-order valence-corrected chi connectivity index (χ2v) is 4.90. The Labute approximate surface area is 111 Å². The Morgan fingerprint density at radius 1 is 1.39 bits per heavy atom. The summed E-state index contributed by atoms with van der Waals surface area (Å²) in [7, 11) is 1.79. The molecule has 1 heterocycles. The van der Waals surface area contributed by atoms with Gasteiger partial charge in [-0.05, 0) is 38.4 Å². The van der Waals surface area contributed by atoms with E-state index in [9.17, 15) is 0 Å². The first-order chi connectivity index (χ1) is 8.66. The van der Waals surface area contributed by atoms with Crippen molar-refractivity contribution in [2.45, 2.75) is 51.7 Å². The highest BCUT2D eigenvalue weighted by molar-refractivity contribution is 5.07. The highest BCUT2D eigenvalue weighted by Crippen LogP contribution is 2.22. The van der Waals surface area contributed by atoms with Crippen molar-refractivity contribution in [3.8, 4) is 0 Å². The number of methoxy groups -OCH3 is 1. The van der Waals surface area contributed by atoms with E-state index in [1.807, 2.05) is 18.3 Å². The lowest BCUT2D eigenvalue weighted by Crippen LogP contribution is -2.51. The molecule has 18 heavy (non-hydrogen) atoms. The number of aromatic nitrogens is 1. The first kappa shape index (κ1) is 15.1. The third kappa shape index (κ3) is 4.07. The van der Waals surface area contributed by atoms with E-state index in [0.29, 0.717) is 6.04 Å².